The zero-order valence-electron chi connectivity index (χ0n) is 8.73. The van der Waals surface area contributed by atoms with E-state index in [0.29, 0.717) is 6.54 Å². The Kier molecular flexibility index (Phi) is 3.85. The molecule has 0 aliphatic carbocycles. The molecule has 15 heavy (non-hydrogen) atoms. The van der Waals surface area contributed by atoms with E-state index in [4.69, 9.17) is 11.1 Å². The molecule has 1 aromatic carbocycles. The van der Waals surface area contributed by atoms with Crippen molar-refractivity contribution in [2.24, 2.45) is 5.73 Å². The molecule has 1 amide bonds. The largest absolute Gasteiger partial charge is 0.387 e. The van der Waals surface area contributed by atoms with Gasteiger partial charge in [0.1, 0.15) is 0 Å². The molecule has 0 spiro atoms. The SMILES string of the molecule is CN(Cc1ccccc1)C(=O)CC(=N)N. The second-order valence-electron chi connectivity index (χ2n) is 3.44. The van der Waals surface area contributed by atoms with Crippen LogP contribution in [0.5, 0.6) is 0 Å². The number of benzene rings is 1. The van der Waals surface area contributed by atoms with Crippen molar-refractivity contribution in [3.63, 3.8) is 0 Å². The number of nitrogens with one attached hydrogen (secondary N) is 1. The Morgan fingerprint density at radius 2 is 2.00 bits per heavy atom. The lowest BCUT2D eigenvalue weighted by Crippen LogP contribution is -2.30. The van der Waals surface area contributed by atoms with Gasteiger partial charge in [-0.25, -0.2) is 0 Å². The number of rotatable bonds is 4. The molecule has 0 bridgehead atoms. The van der Waals surface area contributed by atoms with Gasteiger partial charge in [-0.05, 0) is 5.56 Å². The lowest BCUT2D eigenvalue weighted by molar-refractivity contribution is -0.129. The maximum Gasteiger partial charge on any atom is 0.230 e. The summed E-state index contributed by atoms with van der Waals surface area (Å²) in [5.74, 6) is -0.230. The Morgan fingerprint density at radius 1 is 1.40 bits per heavy atom. The number of nitrogens with zero attached hydrogens (tertiary/aromatic N) is 1. The standard InChI is InChI=1S/C11H15N3O/c1-14(11(15)7-10(12)13)8-9-5-3-2-4-6-9/h2-6H,7-8H2,1H3,(H3,12,13). The fraction of sp³-hybridized carbons (Fsp3) is 0.273. The lowest BCUT2D eigenvalue weighted by Gasteiger charge is -2.16. The van der Waals surface area contributed by atoms with Crippen LogP contribution in [0.2, 0.25) is 0 Å². The second-order valence-corrected chi connectivity index (χ2v) is 3.44. The van der Waals surface area contributed by atoms with Crippen molar-refractivity contribution < 1.29 is 4.79 Å². The molecule has 0 unspecified atom stereocenters. The van der Waals surface area contributed by atoms with Gasteiger partial charge in [-0.2, -0.15) is 0 Å². The van der Waals surface area contributed by atoms with Gasteiger partial charge in [-0.1, -0.05) is 30.3 Å². The predicted molar refractivity (Wildman–Crippen MR) is 59.4 cm³/mol. The van der Waals surface area contributed by atoms with Crippen molar-refractivity contribution in [1.29, 1.82) is 5.41 Å². The molecular weight excluding hydrogens is 190 g/mol. The number of carbonyl (C=O) groups is 1. The van der Waals surface area contributed by atoms with E-state index >= 15 is 0 Å². The smallest absolute Gasteiger partial charge is 0.230 e. The van der Waals surface area contributed by atoms with E-state index in [2.05, 4.69) is 0 Å². The third kappa shape index (κ3) is 3.81. The van der Waals surface area contributed by atoms with Crippen molar-refractivity contribution >= 4 is 11.7 Å². The van der Waals surface area contributed by atoms with E-state index in [0.717, 1.165) is 5.56 Å². The van der Waals surface area contributed by atoms with Gasteiger partial charge >= 0.3 is 0 Å². The molecule has 0 atom stereocenters. The third-order valence-corrected chi connectivity index (χ3v) is 2.03. The third-order valence-electron chi connectivity index (χ3n) is 2.03. The molecule has 1 rings (SSSR count). The molecule has 3 N–H and O–H groups in total. The predicted octanol–water partition coefficient (Wildman–Crippen LogP) is 0.971. The Labute approximate surface area is 89.2 Å². The minimum absolute atomic E-state index is 0.0106. The summed E-state index contributed by atoms with van der Waals surface area (Å²) >= 11 is 0. The maximum absolute atomic E-state index is 11.5. The molecular formula is C11H15N3O. The number of carbonyl (C=O) groups excluding carboxylic acids is 1. The average Bonchev–Trinajstić information content (AvgIpc) is 2.18. The van der Waals surface area contributed by atoms with Crippen LogP contribution in [-0.4, -0.2) is 23.7 Å². The summed E-state index contributed by atoms with van der Waals surface area (Å²) in [6.07, 6.45) is -0.0106. The van der Waals surface area contributed by atoms with Crippen LogP contribution >= 0.6 is 0 Å². The number of amidine groups is 1. The van der Waals surface area contributed by atoms with Crippen molar-refractivity contribution in [1.82, 2.24) is 4.90 Å². The van der Waals surface area contributed by atoms with E-state index in [1.54, 1.807) is 11.9 Å². The number of nitrogens with two attached hydrogens (primary N) is 1. The first-order valence-corrected chi connectivity index (χ1v) is 4.70. The molecule has 0 saturated heterocycles. The molecule has 0 heterocycles. The quantitative estimate of drug-likeness (QED) is 0.568. The van der Waals surface area contributed by atoms with Crippen LogP contribution in [0.4, 0.5) is 0 Å². The Balaban J connectivity index is 2.52. The van der Waals surface area contributed by atoms with Crippen LogP contribution in [0.3, 0.4) is 0 Å². The number of amides is 1. The highest BCUT2D eigenvalue weighted by molar-refractivity contribution is 5.97. The summed E-state index contributed by atoms with van der Waals surface area (Å²) in [6.45, 7) is 0.549. The second kappa shape index (κ2) is 5.14. The normalized spacial score (nSPS) is 9.67. The minimum atomic E-state index is -0.133. The molecule has 80 valence electrons. The molecule has 0 saturated carbocycles. The van der Waals surface area contributed by atoms with E-state index in [9.17, 15) is 4.79 Å². The number of hydrogen-bond acceptors (Lipinski definition) is 2. The van der Waals surface area contributed by atoms with E-state index < -0.39 is 0 Å². The van der Waals surface area contributed by atoms with Crippen LogP contribution in [-0.2, 0) is 11.3 Å². The molecule has 0 aliphatic rings. The van der Waals surface area contributed by atoms with Gasteiger partial charge in [-0.3, -0.25) is 10.2 Å². The first-order chi connectivity index (χ1) is 7.09. The molecule has 0 aromatic heterocycles. The summed E-state index contributed by atoms with van der Waals surface area (Å²) in [5.41, 5.74) is 6.23. The molecule has 1 aromatic rings. The van der Waals surface area contributed by atoms with Gasteiger partial charge in [0.15, 0.2) is 0 Å². The fourth-order valence-electron chi connectivity index (χ4n) is 1.24. The summed E-state index contributed by atoms with van der Waals surface area (Å²) in [6, 6.07) is 9.70. The van der Waals surface area contributed by atoms with Crippen molar-refractivity contribution in [3.05, 3.63) is 35.9 Å². The zero-order chi connectivity index (χ0) is 11.3. The Hall–Kier alpha value is -1.84. The maximum atomic E-state index is 11.5. The average molecular weight is 205 g/mol. The molecule has 0 radical (unpaired) electrons. The van der Waals surface area contributed by atoms with E-state index in [1.807, 2.05) is 30.3 Å². The van der Waals surface area contributed by atoms with Crippen LogP contribution in [0.25, 0.3) is 0 Å². The summed E-state index contributed by atoms with van der Waals surface area (Å²) < 4.78 is 0. The summed E-state index contributed by atoms with van der Waals surface area (Å²) in [5, 5.41) is 7.03. The highest BCUT2D eigenvalue weighted by Gasteiger charge is 2.09. The van der Waals surface area contributed by atoms with Gasteiger partial charge in [0.2, 0.25) is 5.91 Å². The molecule has 0 aliphatic heterocycles. The molecule has 4 heteroatoms. The van der Waals surface area contributed by atoms with Gasteiger partial charge < -0.3 is 10.6 Å². The molecule has 0 fully saturated rings. The topological polar surface area (TPSA) is 70.2 Å². The summed E-state index contributed by atoms with van der Waals surface area (Å²) in [7, 11) is 1.71. The van der Waals surface area contributed by atoms with Crippen molar-refractivity contribution in [3.8, 4) is 0 Å². The van der Waals surface area contributed by atoms with Crippen molar-refractivity contribution in [2.75, 3.05) is 7.05 Å². The lowest BCUT2D eigenvalue weighted by atomic mass is 10.2. The van der Waals surface area contributed by atoms with Crippen LogP contribution < -0.4 is 5.73 Å². The fourth-order valence-corrected chi connectivity index (χ4v) is 1.24. The highest BCUT2D eigenvalue weighted by atomic mass is 16.2. The van der Waals surface area contributed by atoms with Crippen LogP contribution in [0, 0.1) is 5.41 Å². The zero-order valence-corrected chi connectivity index (χ0v) is 8.73. The first-order valence-electron chi connectivity index (χ1n) is 4.70. The van der Waals surface area contributed by atoms with E-state index in [-0.39, 0.29) is 18.2 Å². The minimum Gasteiger partial charge on any atom is -0.387 e. The van der Waals surface area contributed by atoms with Crippen LogP contribution in [0.15, 0.2) is 30.3 Å². The highest BCUT2D eigenvalue weighted by Crippen LogP contribution is 2.03. The first kappa shape index (κ1) is 11.2. The van der Waals surface area contributed by atoms with Gasteiger partial charge in [0, 0.05) is 13.6 Å². The van der Waals surface area contributed by atoms with Gasteiger partial charge in [0.25, 0.3) is 0 Å². The van der Waals surface area contributed by atoms with Gasteiger partial charge in [0.05, 0.1) is 12.3 Å². The van der Waals surface area contributed by atoms with Gasteiger partial charge in [-0.15, -0.1) is 0 Å². The number of hydrogen-bond donors (Lipinski definition) is 2. The van der Waals surface area contributed by atoms with Crippen LogP contribution in [0.1, 0.15) is 12.0 Å². The monoisotopic (exact) mass is 205 g/mol. The molecule has 4 nitrogen and oxygen atoms in total. The van der Waals surface area contributed by atoms with Crippen molar-refractivity contribution in [2.45, 2.75) is 13.0 Å². The summed E-state index contributed by atoms with van der Waals surface area (Å²) in [4.78, 5) is 13.0. The Morgan fingerprint density at radius 3 is 2.53 bits per heavy atom. The van der Waals surface area contributed by atoms with E-state index in [1.165, 1.54) is 0 Å². The Bertz CT molecular complexity index is 348.